The number of thiazole rings is 1. The Hall–Kier alpha value is -3.13. The summed E-state index contributed by atoms with van der Waals surface area (Å²) in [7, 11) is 0. The Morgan fingerprint density at radius 2 is 1.97 bits per heavy atom. The Balaban J connectivity index is 1.47. The zero-order valence-corrected chi connectivity index (χ0v) is 20.6. The summed E-state index contributed by atoms with van der Waals surface area (Å²) in [5, 5.41) is 5.23. The molecule has 1 aromatic carbocycles. The van der Waals surface area contributed by atoms with Gasteiger partial charge in [0.1, 0.15) is 6.10 Å². The van der Waals surface area contributed by atoms with Crippen molar-refractivity contribution in [3.63, 3.8) is 0 Å². The third-order valence-electron chi connectivity index (χ3n) is 7.40. The second kappa shape index (κ2) is 8.82. The van der Waals surface area contributed by atoms with E-state index in [4.69, 9.17) is 4.74 Å². The molecule has 0 unspecified atom stereocenters. The van der Waals surface area contributed by atoms with Gasteiger partial charge in [-0.3, -0.25) is 4.98 Å². The number of halogens is 2. The summed E-state index contributed by atoms with van der Waals surface area (Å²) in [6.45, 7) is 5.37. The average molecular weight is 496 g/mol. The highest BCUT2D eigenvalue weighted by molar-refractivity contribution is 7.13. The van der Waals surface area contributed by atoms with Gasteiger partial charge in [-0.05, 0) is 43.0 Å². The van der Waals surface area contributed by atoms with Crippen LogP contribution in [0.2, 0.25) is 0 Å². The summed E-state index contributed by atoms with van der Waals surface area (Å²) in [4.78, 5) is 21.7. The highest BCUT2D eigenvalue weighted by Gasteiger charge is 2.68. The first-order valence-electron chi connectivity index (χ1n) is 11.7. The Morgan fingerprint density at radius 1 is 1.17 bits per heavy atom. The molecule has 1 N–H and O–H groups in total. The van der Waals surface area contributed by atoms with E-state index in [1.54, 1.807) is 43.8 Å². The molecule has 35 heavy (non-hydrogen) atoms. The number of nitrogens with one attached hydrogen (secondary N) is 1. The molecule has 8 heteroatoms. The summed E-state index contributed by atoms with van der Waals surface area (Å²) in [6.07, 6.45) is 5.78. The van der Waals surface area contributed by atoms with Crippen LogP contribution in [0.3, 0.4) is 0 Å². The second-order valence-corrected chi connectivity index (χ2v) is 10.4. The Kier molecular flexibility index (Phi) is 5.95. The molecular weight excluding hydrogens is 468 g/mol. The number of fused-ring (bicyclic) bond motifs is 1. The van der Waals surface area contributed by atoms with Crippen molar-refractivity contribution in [1.29, 1.82) is 0 Å². The van der Waals surface area contributed by atoms with Crippen molar-refractivity contribution in [2.45, 2.75) is 44.8 Å². The van der Waals surface area contributed by atoms with Gasteiger partial charge in [-0.2, -0.15) is 0 Å². The van der Waals surface area contributed by atoms with Crippen molar-refractivity contribution in [2.75, 3.05) is 5.32 Å². The number of aromatic nitrogens is 2. The predicted octanol–water partition coefficient (Wildman–Crippen LogP) is 6.23. The van der Waals surface area contributed by atoms with Crippen LogP contribution in [0.15, 0.2) is 60.2 Å². The van der Waals surface area contributed by atoms with E-state index < -0.39 is 47.7 Å². The monoisotopic (exact) mass is 495 g/mol. The molecule has 0 bridgehead atoms. The molecule has 5 nitrogen and oxygen atoms in total. The summed E-state index contributed by atoms with van der Waals surface area (Å²) in [6, 6.07) is 11.9. The van der Waals surface area contributed by atoms with E-state index in [1.807, 2.05) is 43.3 Å². The molecule has 0 amide bonds. The molecule has 5 rings (SSSR count). The van der Waals surface area contributed by atoms with Gasteiger partial charge in [0.2, 0.25) is 0 Å². The van der Waals surface area contributed by atoms with E-state index in [1.165, 1.54) is 11.3 Å². The fraction of sp³-hybridized carbons (Fsp3) is 0.370. The summed E-state index contributed by atoms with van der Waals surface area (Å²) in [5.41, 5.74) is 2.38. The molecule has 3 heterocycles. The Bertz CT molecular complexity index is 1250. The lowest BCUT2D eigenvalue weighted by molar-refractivity contribution is -0.153. The zero-order chi connectivity index (χ0) is 24.8. The summed E-state index contributed by atoms with van der Waals surface area (Å²) in [5.74, 6) is -5.77. The first-order valence-corrected chi connectivity index (χ1v) is 12.6. The molecule has 1 saturated carbocycles. The van der Waals surface area contributed by atoms with Crippen LogP contribution >= 0.6 is 11.3 Å². The van der Waals surface area contributed by atoms with Crippen LogP contribution in [0.5, 0.6) is 0 Å². The number of hydrogen-bond acceptors (Lipinski definition) is 6. The smallest absolute Gasteiger partial charge is 0.332 e. The highest BCUT2D eigenvalue weighted by atomic mass is 32.1. The summed E-state index contributed by atoms with van der Waals surface area (Å²) < 4.78 is 36.3. The normalized spacial score (nSPS) is 29.7. The van der Waals surface area contributed by atoms with Gasteiger partial charge in [0.05, 0.1) is 5.69 Å². The van der Waals surface area contributed by atoms with Crippen LogP contribution in [0.1, 0.15) is 31.5 Å². The number of alkyl halides is 2. The van der Waals surface area contributed by atoms with Crippen molar-refractivity contribution in [2.24, 2.45) is 17.8 Å². The lowest BCUT2D eigenvalue weighted by Crippen LogP contribution is -2.61. The number of rotatable bonds is 5. The van der Waals surface area contributed by atoms with Crippen molar-refractivity contribution in [3.05, 3.63) is 71.5 Å². The van der Waals surface area contributed by atoms with Gasteiger partial charge in [0.15, 0.2) is 10.7 Å². The molecule has 3 aromatic rings. The van der Waals surface area contributed by atoms with Gasteiger partial charge >= 0.3 is 5.97 Å². The molecule has 2 aromatic heterocycles. The number of pyridine rings is 1. The Labute approximate surface area is 207 Å². The van der Waals surface area contributed by atoms with E-state index >= 15 is 8.78 Å². The number of ether oxygens (including phenoxy) is 1. The first kappa shape index (κ1) is 23.6. The molecule has 1 saturated heterocycles. The van der Waals surface area contributed by atoms with Crippen LogP contribution in [0, 0.1) is 24.7 Å². The van der Waals surface area contributed by atoms with Crippen molar-refractivity contribution >= 4 is 28.5 Å². The van der Waals surface area contributed by atoms with Gasteiger partial charge in [0.25, 0.3) is 5.92 Å². The van der Waals surface area contributed by atoms with E-state index in [9.17, 15) is 4.79 Å². The molecule has 1 aliphatic heterocycles. The van der Waals surface area contributed by atoms with E-state index in [-0.39, 0.29) is 0 Å². The minimum atomic E-state index is -3.07. The average Bonchev–Trinajstić information content (AvgIpc) is 3.41. The van der Waals surface area contributed by atoms with E-state index in [2.05, 4.69) is 15.3 Å². The predicted molar refractivity (Wildman–Crippen MR) is 133 cm³/mol. The minimum absolute atomic E-state index is 0.433. The maximum Gasteiger partial charge on any atom is 0.332 e. The molecule has 1 aliphatic carbocycles. The number of esters is 1. The molecule has 5 atom stereocenters. The van der Waals surface area contributed by atoms with Crippen molar-refractivity contribution < 1.29 is 18.3 Å². The molecular formula is C27H27F2N3O2S. The van der Waals surface area contributed by atoms with E-state index in [0.29, 0.717) is 10.8 Å². The largest absolute Gasteiger partial charge is 0.460 e. The number of anilines is 1. The maximum atomic E-state index is 15.4. The minimum Gasteiger partial charge on any atom is -0.460 e. The highest BCUT2D eigenvalue weighted by Crippen LogP contribution is 2.56. The Morgan fingerprint density at radius 3 is 2.66 bits per heavy atom. The zero-order valence-electron chi connectivity index (χ0n) is 19.7. The second-order valence-electron chi connectivity index (χ2n) is 9.52. The lowest BCUT2D eigenvalue weighted by atomic mass is 9.60. The van der Waals surface area contributed by atoms with Gasteiger partial charge in [-0.25, -0.2) is 18.6 Å². The standard InChI is InChI=1S/C27H27F2N3O2S/c1-16-6-4-5-7-21(16)19-8-9-20(31-14-19)10-11-22-17(2)27(28,29)15-26(32-25-30-12-13-35-25)23(22)18(3)34-24(26)33/h4-14,17-18,22-23H,15H2,1-3H3,(H,30,32)/b11-10+/t17-,18+,22-,23-,26-/m0/s1. The molecule has 0 spiro atoms. The van der Waals surface area contributed by atoms with Gasteiger partial charge in [0, 0.05) is 41.6 Å². The van der Waals surface area contributed by atoms with E-state index in [0.717, 1.165) is 16.7 Å². The summed E-state index contributed by atoms with van der Waals surface area (Å²) >= 11 is 1.27. The van der Waals surface area contributed by atoms with Crippen LogP contribution in [0.4, 0.5) is 13.9 Å². The molecule has 0 radical (unpaired) electrons. The number of benzene rings is 1. The number of carbonyl (C=O) groups excluding carboxylic acids is 1. The molecule has 2 fully saturated rings. The molecule has 182 valence electrons. The quantitative estimate of drug-likeness (QED) is 0.425. The van der Waals surface area contributed by atoms with Gasteiger partial charge in [-0.15, -0.1) is 11.3 Å². The number of aryl methyl sites for hydroxylation is 1. The number of allylic oxidation sites excluding steroid dienone is 1. The number of carbonyl (C=O) groups is 1. The van der Waals surface area contributed by atoms with Crippen molar-refractivity contribution in [1.82, 2.24) is 9.97 Å². The third kappa shape index (κ3) is 4.14. The fourth-order valence-corrected chi connectivity index (χ4v) is 6.16. The number of hydrogen-bond donors (Lipinski definition) is 1. The SMILES string of the molecule is Cc1ccccc1-c1ccc(/C=C/[C@@H]2[C@@H]3[C@@H](C)OC(=O)[C@]3(Nc3nccs3)CC(F)(F)[C@H]2C)nc1. The van der Waals surface area contributed by atoms with Crippen molar-refractivity contribution in [3.8, 4) is 11.1 Å². The van der Waals surface area contributed by atoms with Gasteiger partial charge in [-0.1, -0.05) is 43.3 Å². The van der Waals surface area contributed by atoms with Gasteiger partial charge < -0.3 is 10.1 Å². The number of cyclic esters (lactones) is 1. The molecule has 2 aliphatic rings. The lowest BCUT2D eigenvalue weighted by Gasteiger charge is -2.47. The van der Waals surface area contributed by atoms with Crippen LogP contribution in [0.25, 0.3) is 17.2 Å². The fourth-order valence-electron chi connectivity index (χ4n) is 5.55. The first-order chi connectivity index (χ1) is 16.7. The number of nitrogens with zero attached hydrogens (tertiary/aromatic N) is 2. The van der Waals surface area contributed by atoms with Crippen LogP contribution in [-0.4, -0.2) is 33.5 Å². The van der Waals surface area contributed by atoms with Crippen LogP contribution in [-0.2, 0) is 9.53 Å². The maximum absolute atomic E-state index is 15.4. The van der Waals surface area contributed by atoms with Crippen LogP contribution < -0.4 is 5.32 Å². The third-order valence-corrected chi connectivity index (χ3v) is 8.09. The topological polar surface area (TPSA) is 64.1 Å².